The Morgan fingerprint density at radius 1 is 1.27 bits per heavy atom. The Kier molecular flexibility index (Phi) is 5.38. The molecule has 2 rings (SSSR count). The number of methoxy groups -OCH3 is 1. The van der Waals surface area contributed by atoms with Gasteiger partial charge in [-0.05, 0) is 48.3 Å². The van der Waals surface area contributed by atoms with Gasteiger partial charge < -0.3 is 14.8 Å². The maximum atomic E-state index is 11.6. The van der Waals surface area contributed by atoms with E-state index in [2.05, 4.69) is 24.5 Å². The lowest BCUT2D eigenvalue weighted by molar-refractivity contribution is -0.115. The van der Waals surface area contributed by atoms with Crippen molar-refractivity contribution in [2.45, 2.75) is 20.3 Å². The van der Waals surface area contributed by atoms with Gasteiger partial charge in [0.2, 0.25) is 0 Å². The summed E-state index contributed by atoms with van der Waals surface area (Å²) in [5.74, 6) is 1.69. The lowest BCUT2D eigenvalue weighted by atomic mass is 10.1. The molecular formula is C16H20N2O3S. The zero-order valence-electron chi connectivity index (χ0n) is 12.9. The van der Waals surface area contributed by atoms with Gasteiger partial charge in [-0.25, -0.2) is 0 Å². The number of rotatable bonds is 6. The topological polar surface area (TPSA) is 59.6 Å². The first-order chi connectivity index (χ1) is 10.5. The van der Waals surface area contributed by atoms with Gasteiger partial charge in [0.1, 0.15) is 5.70 Å². The highest BCUT2D eigenvalue weighted by molar-refractivity contribution is 7.80. The Balaban J connectivity index is 2.13. The number of hydrogen-bond donors (Lipinski definition) is 2. The van der Waals surface area contributed by atoms with Crippen molar-refractivity contribution in [3.8, 4) is 11.5 Å². The molecule has 0 atom stereocenters. The van der Waals surface area contributed by atoms with E-state index in [1.165, 1.54) is 0 Å². The number of carbonyl (C=O) groups excluding carboxylic acids is 1. The summed E-state index contributed by atoms with van der Waals surface area (Å²) in [7, 11) is 1.59. The Hall–Kier alpha value is -2.08. The first-order valence-electron chi connectivity index (χ1n) is 7.14. The van der Waals surface area contributed by atoms with Crippen molar-refractivity contribution in [3.63, 3.8) is 0 Å². The van der Waals surface area contributed by atoms with Gasteiger partial charge in [-0.3, -0.25) is 10.1 Å². The van der Waals surface area contributed by atoms with Crippen LogP contribution in [0.25, 0.3) is 6.08 Å². The fourth-order valence-corrected chi connectivity index (χ4v) is 2.15. The Labute approximate surface area is 135 Å². The van der Waals surface area contributed by atoms with Crippen molar-refractivity contribution in [3.05, 3.63) is 29.5 Å². The number of hydrogen-bond acceptors (Lipinski definition) is 4. The van der Waals surface area contributed by atoms with Gasteiger partial charge in [0.05, 0.1) is 13.7 Å². The van der Waals surface area contributed by atoms with Gasteiger partial charge in [-0.15, -0.1) is 0 Å². The van der Waals surface area contributed by atoms with Crippen LogP contribution >= 0.6 is 12.2 Å². The van der Waals surface area contributed by atoms with Gasteiger partial charge in [0.15, 0.2) is 16.6 Å². The highest BCUT2D eigenvalue weighted by Gasteiger charge is 2.20. The Morgan fingerprint density at radius 2 is 2.05 bits per heavy atom. The van der Waals surface area contributed by atoms with Gasteiger partial charge in [-0.2, -0.15) is 0 Å². The minimum Gasteiger partial charge on any atom is -0.493 e. The van der Waals surface area contributed by atoms with E-state index in [-0.39, 0.29) is 5.91 Å². The van der Waals surface area contributed by atoms with Crippen LogP contribution in [0.5, 0.6) is 11.5 Å². The number of ether oxygens (including phenoxy) is 2. The summed E-state index contributed by atoms with van der Waals surface area (Å²) in [6.45, 7) is 4.95. The number of benzene rings is 1. The van der Waals surface area contributed by atoms with Crippen LogP contribution in [0.15, 0.2) is 23.9 Å². The summed E-state index contributed by atoms with van der Waals surface area (Å²) >= 11 is 4.90. The highest BCUT2D eigenvalue weighted by Crippen LogP contribution is 2.29. The summed E-state index contributed by atoms with van der Waals surface area (Å²) in [4.78, 5) is 11.6. The maximum Gasteiger partial charge on any atom is 0.273 e. The average Bonchev–Trinajstić information content (AvgIpc) is 2.77. The molecule has 0 bridgehead atoms. The molecule has 0 aromatic heterocycles. The van der Waals surface area contributed by atoms with E-state index < -0.39 is 0 Å². The summed E-state index contributed by atoms with van der Waals surface area (Å²) in [5, 5.41) is 5.65. The third-order valence-electron chi connectivity index (χ3n) is 3.17. The number of amides is 1. The van der Waals surface area contributed by atoms with Crippen molar-refractivity contribution >= 4 is 29.3 Å². The number of thiocarbonyl (C=S) groups is 1. The molecular weight excluding hydrogens is 300 g/mol. The predicted octanol–water partition coefficient (Wildman–Crippen LogP) is 2.47. The van der Waals surface area contributed by atoms with Gasteiger partial charge >= 0.3 is 0 Å². The SMILES string of the molecule is COc1cc(C=C2NC(=S)NC2=O)ccc1OCCC(C)C. The van der Waals surface area contributed by atoms with Crippen molar-refractivity contribution in [2.24, 2.45) is 5.92 Å². The average molecular weight is 320 g/mol. The van der Waals surface area contributed by atoms with E-state index >= 15 is 0 Å². The summed E-state index contributed by atoms with van der Waals surface area (Å²) in [6, 6.07) is 5.54. The predicted molar refractivity (Wildman–Crippen MR) is 89.8 cm³/mol. The third-order valence-corrected chi connectivity index (χ3v) is 3.38. The third kappa shape index (κ3) is 4.21. The van der Waals surface area contributed by atoms with Crippen molar-refractivity contribution < 1.29 is 14.3 Å². The van der Waals surface area contributed by atoms with E-state index in [1.807, 2.05) is 18.2 Å². The maximum absolute atomic E-state index is 11.6. The summed E-state index contributed by atoms with van der Waals surface area (Å²) in [5.41, 5.74) is 1.25. The first-order valence-corrected chi connectivity index (χ1v) is 7.55. The molecule has 1 aliphatic heterocycles. The minimum atomic E-state index is -0.235. The second kappa shape index (κ2) is 7.26. The molecule has 5 nitrogen and oxygen atoms in total. The molecule has 1 aromatic carbocycles. The molecule has 0 aliphatic carbocycles. The van der Waals surface area contributed by atoms with Crippen LogP contribution in [0.2, 0.25) is 0 Å². The molecule has 1 aromatic rings. The minimum absolute atomic E-state index is 0.235. The largest absolute Gasteiger partial charge is 0.493 e. The number of nitrogens with one attached hydrogen (secondary N) is 2. The van der Waals surface area contributed by atoms with Crippen LogP contribution in [-0.2, 0) is 4.79 Å². The molecule has 0 unspecified atom stereocenters. The normalized spacial score (nSPS) is 15.9. The lowest BCUT2D eigenvalue weighted by Crippen LogP contribution is -2.21. The molecule has 22 heavy (non-hydrogen) atoms. The second-order valence-electron chi connectivity index (χ2n) is 5.41. The molecule has 1 fully saturated rings. The van der Waals surface area contributed by atoms with E-state index in [1.54, 1.807) is 13.2 Å². The fourth-order valence-electron chi connectivity index (χ4n) is 1.95. The van der Waals surface area contributed by atoms with Crippen LogP contribution in [0.1, 0.15) is 25.8 Å². The summed E-state index contributed by atoms with van der Waals surface area (Å²) in [6.07, 6.45) is 2.70. The van der Waals surface area contributed by atoms with Crippen molar-refractivity contribution in [1.29, 1.82) is 0 Å². The quantitative estimate of drug-likeness (QED) is 0.623. The van der Waals surface area contributed by atoms with E-state index in [4.69, 9.17) is 21.7 Å². The van der Waals surface area contributed by atoms with Gasteiger partial charge in [-0.1, -0.05) is 19.9 Å². The monoisotopic (exact) mass is 320 g/mol. The van der Waals surface area contributed by atoms with E-state index in [9.17, 15) is 4.79 Å². The zero-order valence-corrected chi connectivity index (χ0v) is 13.8. The standard InChI is InChI=1S/C16H20N2O3S/c1-10(2)6-7-21-13-5-4-11(9-14(13)20-3)8-12-15(19)18-16(22)17-12/h4-5,8-10H,6-7H2,1-3H3,(H2,17,18,19,22). The molecule has 2 N–H and O–H groups in total. The van der Waals surface area contributed by atoms with Crippen molar-refractivity contribution in [1.82, 2.24) is 10.6 Å². The zero-order chi connectivity index (χ0) is 16.1. The summed E-state index contributed by atoms with van der Waals surface area (Å²) < 4.78 is 11.1. The Bertz CT molecular complexity index is 611. The number of carbonyl (C=O) groups is 1. The first kappa shape index (κ1) is 16.3. The van der Waals surface area contributed by atoms with E-state index in [0.29, 0.717) is 34.8 Å². The molecule has 6 heteroatoms. The fraction of sp³-hybridized carbons (Fsp3) is 0.375. The van der Waals surface area contributed by atoms with Gasteiger partial charge in [0.25, 0.3) is 5.91 Å². The van der Waals surface area contributed by atoms with Crippen molar-refractivity contribution in [2.75, 3.05) is 13.7 Å². The van der Waals surface area contributed by atoms with Crippen LogP contribution < -0.4 is 20.1 Å². The van der Waals surface area contributed by atoms with Crippen LogP contribution in [-0.4, -0.2) is 24.7 Å². The second-order valence-corrected chi connectivity index (χ2v) is 5.82. The molecule has 0 spiro atoms. The van der Waals surface area contributed by atoms with Crippen LogP contribution in [0.3, 0.4) is 0 Å². The van der Waals surface area contributed by atoms with Crippen LogP contribution in [0, 0.1) is 5.92 Å². The lowest BCUT2D eigenvalue weighted by Gasteiger charge is -2.12. The molecule has 1 saturated heterocycles. The molecule has 0 saturated carbocycles. The Morgan fingerprint density at radius 3 is 2.64 bits per heavy atom. The molecule has 1 aliphatic rings. The molecule has 1 heterocycles. The molecule has 0 radical (unpaired) electrons. The molecule has 1 amide bonds. The van der Waals surface area contributed by atoms with Gasteiger partial charge in [0, 0.05) is 0 Å². The van der Waals surface area contributed by atoms with E-state index in [0.717, 1.165) is 12.0 Å². The smallest absolute Gasteiger partial charge is 0.273 e. The molecule has 118 valence electrons. The highest BCUT2D eigenvalue weighted by atomic mass is 32.1. The van der Waals surface area contributed by atoms with Crippen LogP contribution in [0.4, 0.5) is 0 Å².